The molecule has 1 aliphatic heterocycles. The minimum Gasteiger partial charge on any atom is -0.384 e. The number of nitrogens with two attached hydrogens (primary N) is 1. The van der Waals surface area contributed by atoms with Crippen LogP contribution in [0.25, 0.3) is 0 Å². The molecule has 0 radical (unpaired) electrons. The smallest absolute Gasteiger partial charge is 0.122 e. The fourth-order valence-electron chi connectivity index (χ4n) is 2.53. The number of rotatable bonds is 3. The molecule has 1 aromatic heterocycles. The molecule has 104 valence electrons. The number of hydrogen-bond donors (Lipinski definition) is 2. The highest BCUT2D eigenvalue weighted by atomic mass is 35.5. The van der Waals surface area contributed by atoms with Crippen molar-refractivity contribution in [3.8, 4) is 0 Å². The Balaban J connectivity index is 1.74. The lowest BCUT2D eigenvalue weighted by molar-refractivity contribution is 0.247. The summed E-state index contributed by atoms with van der Waals surface area (Å²) < 4.78 is 0. The van der Waals surface area contributed by atoms with Crippen molar-refractivity contribution in [2.24, 2.45) is 5.73 Å². The molecule has 1 aliphatic rings. The van der Waals surface area contributed by atoms with Crippen LogP contribution in [-0.2, 0) is 19.5 Å². The first-order valence-electron chi connectivity index (χ1n) is 6.54. The highest BCUT2D eigenvalue weighted by Gasteiger charge is 2.18. The number of thiophene rings is 1. The summed E-state index contributed by atoms with van der Waals surface area (Å²) in [6, 6.07) is 7.83. The molecule has 0 bridgehead atoms. The maximum atomic E-state index is 7.43. The van der Waals surface area contributed by atoms with Gasteiger partial charge in [0, 0.05) is 35.1 Å². The molecular formula is C15H16ClN3S. The molecular weight excluding hydrogens is 290 g/mol. The molecule has 3 rings (SSSR count). The fraction of sp³-hybridized carbons (Fsp3) is 0.267. The summed E-state index contributed by atoms with van der Waals surface area (Å²) in [7, 11) is 0. The number of halogens is 1. The molecule has 2 aromatic rings. The Kier molecular flexibility index (Phi) is 3.78. The second-order valence-electron chi connectivity index (χ2n) is 5.05. The molecule has 3 nitrogen and oxygen atoms in total. The minimum atomic E-state index is 0.0549. The number of hydrogen-bond acceptors (Lipinski definition) is 3. The van der Waals surface area contributed by atoms with Crippen molar-refractivity contribution in [3.05, 3.63) is 56.2 Å². The van der Waals surface area contributed by atoms with E-state index >= 15 is 0 Å². The number of benzene rings is 1. The van der Waals surface area contributed by atoms with Crippen molar-refractivity contribution < 1.29 is 0 Å². The first-order valence-corrected chi connectivity index (χ1v) is 7.79. The zero-order valence-electron chi connectivity index (χ0n) is 11.0. The Morgan fingerprint density at radius 1 is 1.40 bits per heavy atom. The van der Waals surface area contributed by atoms with Gasteiger partial charge in [0.2, 0.25) is 0 Å². The van der Waals surface area contributed by atoms with E-state index in [1.165, 1.54) is 10.4 Å². The third-order valence-electron chi connectivity index (χ3n) is 3.64. The number of nitrogens with one attached hydrogen (secondary N) is 1. The van der Waals surface area contributed by atoms with E-state index in [0.717, 1.165) is 31.6 Å². The van der Waals surface area contributed by atoms with E-state index < -0.39 is 0 Å². The summed E-state index contributed by atoms with van der Waals surface area (Å²) in [5.41, 5.74) is 8.69. The summed E-state index contributed by atoms with van der Waals surface area (Å²) >= 11 is 8.15. The summed E-state index contributed by atoms with van der Waals surface area (Å²) in [4.78, 5) is 3.92. The Hall–Kier alpha value is -1.36. The van der Waals surface area contributed by atoms with E-state index in [1.807, 2.05) is 23.5 Å². The van der Waals surface area contributed by atoms with Crippen molar-refractivity contribution in [1.29, 1.82) is 5.41 Å². The molecule has 0 amide bonds. The molecule has 0 fully saturated rings. The van der Waals surface area contributed by atoms with Crippen LogP contribution in [-0.4, -0.2) is 17.3 Å². The quantitative estimate of drug-likeness (QED) is 0.675. The first kappa shape index (κ1) is 13.6. The van der Waals surface area contributed by atoms with Gasteiger partial charge in [0.1, 0.15) is 5.84 Å². The van der Waals surface area contributed by atoms with E-state index in [0.29, 0.717) is 10.6 Å². The Bertz CT molecular complexity index is 650. The average molecular weight is 306 g/mol. The van der Waals surface area contributed by atoms with Gasteiger partial charge in [0.25, 0.3) is 0 Å². The molecule has 1 aromatic carbocycles. The zero-order valence-corrected chi connectivity index (χ0v) is 12.6. The van der Waals surface area contributed by atoms with E-state index in [4.69, 9.17) is 22.7 Å². The predicted octanol–water partition coefficient (Wildman–Crippen LogP) is 3.24. The second kappa shape index (κ2) is 5.56. The van der Waals surface area contributed by atoms with Gasteiger partial charge in [-0.3, -0.25) is 10.3 Å². The minimum absolute atomic E-state index is 0.0549. The third kappa shape index (κ3) is 2.73. The van der Waals surface area contributed by atoms with Gasteiger partial charge in [-0.1, -0.05) is 23.7 Å². The number of nitrogen functional groups attached to an aromatic ring is 1. The predicted molar refractivity (Wildman–Crippen MR) is 84.6 cm³/mol. The van der Waals surface area contributed by atoms with Crippen LogP contribution in [0.3, 0.4) is 0 Å². The van der Waals surface area contributed by atoms with Gasteiger partial charge in [-0.05, 0) is 35.1 Å². The summed E-state index contributed by atoms with van der Waals surface area (Å²) in [5, 5.41) is 10.3. The van der Waals surface area contributed by atoms with Crippen LogP contribution < -0.4 is 5.73 Å². The van der Waals surface area contributed by atoms with Crippen LogP contribution in [0.4, 0.5) is 0 Å². The molecule has 20 heavy (non-hydrogen) atoms. The highest BCUT2D eigenvalue weighted by Crippen LogP contribution is 2.26. The van der Waals surface area contributed by atoms with Crippen LogP contribution in [0.2, 0.25) is 5.02 Å². The topological polar surface area (TPSA) is 53.1 Å². The zero-order chi connectivity index (χ0) is 14.1. The molecule has 0 saturated carbocycles. The summed E-state index contributed by atoms with van der Waals surface area (Å²) in [5.74, 6) is 0.0549. The first-order chi connectivity index (χ1) is 9.63. The van der Waals surface area contributed by atoms with Gasteiger partial charge in [0.15, 0.2) is 0 Å². The van der Waals surface area contributed by atoms with Crippen LogP contribution >= 0.6 is 22.9 Å². The second-order valence-corrected chi connectivity index (χ2v) is 6.46. The van der Waals surface area contributed by atoms with E-state index in [2.05, 4.69) is 16.3 Å². The van der Waals surface area contributed by atoms with Crippen LogP contribution in [0.5, 0.6) is 0 Å². The lowest BCUT2D eigenvalue weighted by Gasteiger charge is -2.27. The standard InChI is InChI=1S/C15H16ClN3S/c16-13-7-10(15(17)18)1-2-11(13)8-19-5-3-14-12(9-19)4-6-20-14/h1-2,4,6-7H,3,5,8-9H2,(H3,17,18). The van der Waals surface area contributed by atoms with Crippen molar-refractivity contribution in [2.45, 2.75) is 19.5 Å². The molecule has 5 heteroatoms. The summed E-state index contributed by atoms with van der Waals surface area (Å²) in [6.45, 7) is 2.90. The monoisotopic (exact) mass is 305 g/mol. The van der Waals surface area contributed by atoms with Crippen LogP contribution in [0, 0.1) is 5.41 Å². The molecule has 2 heterocycles. The van der Waals surface area contributed by atoms with E-state index in [-0.39, 0.29) is 5.84 Å². The van der Waals surface area contributed by atoms with E-state index in [1.54, 1.807) is 6.07 Å². The molecule has 0 saturated heterocycles. The third-order valence-corrected chi connectivity index (χ3v) is 5.02. The van der Waals surface area contributed by atoms with E-state index in [9.17, 15) is 0 Å². The van der Waals surface area contributed by atoms with Gasteiger partial charge in [-0.2, -0.15) is 0 Å². The SMILES string of the molecule is N=C(N)c1ccc(CN2CCc3sccc3C2)c(Cl)c1. The van der Waals surface area contributed by atoms with Crippen molar-refractivity contribution in [3.63, 3.8) is 0 Å². The van der Waals surface area contributed by atoms with Gasteiger partial charge in [-0.15, -0.1) is 11.3 Å². The molecule has 0 unspecified atom stereocenters. The molecule has 0 aliphatic carbocycles. The van der Waals surface area contributed by atoms with Crippen molar-refractivity contribution in [1.82, 2.24) is 4.90 Å². The maximum Gasteiger partial charge on any atom is 0.122 e. The Morgan fingerprint density at radius 2 is 2.25 bits per heavy atom. The number of fused-ring (bicyclic) bond motifs is 1. The van der Waals surface area contributed by atoms with Crippen LogP contribution in [0.1, 0.15) is 21.6 Å². The van der Waals surface area contributed by atoms with Crippen molar-refractivity contribution >= 4 is 28.8 Å². The van der Waals surface area contributed by atoms with Gasteiger partial charge < -0.3 is 5.73 Å². The van der Waals surface area contributed by atoms with Crippen molar-refractivity contribution in [2.75, 3.05) is 6.54 Å². The highest BCUT2D eigenvalue weighted by molar-refractivity contribution is 7.10. The average Bonchev–Trinajstić information content (AvgIpc) is 2.88. The van der Waals surface area contributed by atoms with Crippen LogP contribution in [0.15, 0.2) is 29.6 Å². The largest absolute Gasteiger partial charge is 0.384 e. The van der Waals surface area contributed by atoms with Gasteiger partial charge in [-0.25, -0.2) is 0 Å². The molecule has 3 N–H and O–H groups in total. The Morgan fingerprint density at radius 3 is 3.00 bits per heavy atom. The summed E-state index contributed by atoms with van der Waals surface area (Å²) in [6.07, 6.45) is 1.12. The molecule has 0 spiro atoms. The maximum absolute atomic E-state index is 7.43. The Labute approximate surface area is 127 Å². The number of amidine groups is 1. The fourth-order valence-corrected chi connectivity index (χ4v) is 3.66. The van der Waals surface area contributed by atoms with Gasteiger partial charge >= 0.3 is 0 Å². The van der Waals surface area contributed by atoms with Gasteiger partial charge in [0.05, 0.1) is 0 Å². The normalized spacial score (nSPS) is 15.1. The lowest BCUT2D eigenvalue weighted by atomic mass is 10.1. The number of nitrogens with zero attached hydrogens (tertiary/aromatic N) is 1. The molecule has 0 atom stereocenters. The lowest BCUT2D eigenvalue weighted by Crippen LogP contribution is -2.29.